The Labute approximate surface area is 106 Å². The van der Waals surface area contributed by atoms with E-state index in [9.17, 15) is 0 Å². The van der Waals surface area contributed by atoms with Crippen LogP contribution in [0.3, 0.4) is 0 Å². The number of hydrogen-bond donors (Lipinski definition) is 0. The van der Waals surface area contributed by atoms with Crippen LogP contribution in [0.5, 0.6) is 11.5 Å². The number of hydrogen-bond acceptors (Lipinski definition) is 2. The topological polar surface area (TPSA) is 18.5 Å². The van der Waals surface area contributed by atoms with E-state index in [-0.39, 0.29) is 5.41 Å². The Kier molecular flexibility index (Phi) is 5.13. The molecule has 0 heterocycles. The van der Waals surface area contributed by atoms with Gasteiger partial charge in [-0.05, 0) is 36.1 Å². The predicted octanol–water partition coefficient (Wildman–Crippen LogP) is 3.89. The minimum Gasteiger partial charge on any atom is -0.497 e. The summed E-state index contributed by atoms with van der Waals surface area (Å²) in [5.74, 6) is 1.75. The van der Waals surface area contributed by atoms with E-state index in [4.69, 9.17) is 9.47 Å². The predicted molar refractivity (Wildman–Crippen MR) is 70.7 cm³/mol. The fourth-order valence-corrected chi connectivity index (χ4v) is 1.46. The van der Waals surface area contributed by atoms with Gasteiger partial charge in [0.25, 0.3) is 0 Å². The molecule has 1 aromatic carbocycles. The Morgan fingerprint density at radius 1 is 1.12 bits per heavy atom. The highest BCUT2D eigenvalue weighted by molar-refractivity contribution is 9.09. The van der Waals surface area contributed by atoms with Gasteiger partial charge >= 0.3 is 0 Å². The van der Waals surface area contributed by atoms with Crippen LogP contribution in [0.15, 0.2) is 24.3 Å². The van der Waals surface area contributed by atoms with Crippen LogP contribution in [0.2, 0.25) is 0 Å². The first-order valence-electron chi connectivity index (χ1n) is 5.40. The van der Waals surface area contributed by atoms with Crippen molar-refractivity contribution in [2.45, 2.75) is 20.3 Å². The molecule has 0 saturated heterocycles. The minimum absolute atomic E-state index is 0.284. The largest absolute Gasteiger partial charge is 0.497 e. The number of rotatable bonds is 6. The molecule has 0 N–H and O–H groups in total. The molecule has 3 heteroatoms. The maximum absolute atomic E-state index is 5.67. The summed E-state index contributed by atoms with van der Waals surface area (Å²) in [4.78, 5) is 0. The van der Waals surface area contributed by atoms with Gasteiger partial charge in [-0.1, -0.05) is 29.8 Å². The van der Waals surface area contributed by atoms with Crippen LogP contribution in [-0.4, -0.2) is 19.0 Å². The summed E-state index contributed by atoms with van der Waals surface area (Å²) < 4.78 is 10.8. The number of alkyl halides is 1. The van der Waals surface area contributed by atoms with Gasteiger partial charge in [0.1, 0.15) is 11.5 Å². The van der Waals surface area contributed by atoms with Gasteiger partial charge < -0.3 is 9.47 Å². The monoisotopic (exact) mass is 286 g/mol. The molecule has 1 aromatic rings. The first-order valence-corrected chi connectivity index (χ1v) is 6.52. The highest BCUT2D eigenvalue weighted by Crippen LogP contribution is 2.24. The van der Waals surface area contributed by atoms with Gasteiger partial charge in [-0.25, -0.2) is 0 Å². The summed E-state index contributed by atoms with van der Waals surface area (Å²) >= 11 is 3.50. The van der Waals surface area contributed by atoms with Crippen molar-refractivity contribution >= 4 is 15.9 Å². The SMILES string of the molecule is COc1ccc(OCCC(C)(C)CBr)cc1. The second kappa shape index (κ2) is 6.14. The highest BCUT2D eigenvalue weighted by atomic mass is 79.9. The van der Waals surface area contributed by atoms with Crippen molar-refractivity contribution in [3.63, 3.8) is 0 Å². The fraction of sp³-hybridized carbons (Fsp3) is 0.538. The van der Waals surface area contributed by atoms with Crippen LogP contribution in [-0.2, 0) is 0 Å². The Hall–Kier alpha value is -0.700. The number of benzene rings is 1. The molecule has 90 valence electrons. The smallest absolute Gasteiger partial charge is 0.119 e. The lowest BCUT2D eigenvalue weighted by atomic mass is 9.93. The molecule has 0 radical (unpaired) electrons. The lowest BCUT2D eigenvalue weighted by molar-refractivity contribution is 0.247. The summed E-state index contributed by atoms with van der Waals surface area (Å²) in [7, 11) is 1.66. The molecule has 2 nitrogen and oxygen atoms in total. The average Bonchev–Trinajstić information content (AvgIpc) is 2.30. The highest BCUT2D eigenvalue weighted by Gasteiger charge is 2.15. The van der Waals surface area contributed by atoms with Crippen LogP contribution in [0.4, 0.5) is 0 Å². The first kappa shape index (κ1) is 13.4. The van der Waals surface area contributed by atoms with Crippen LogP contribution < -0.4 is 9.47 Å². The number of methoxy groups -OCH3 is 1. The van der Waals surface area contributed by atoms with Gasteiger partial charge in [0.2, 0.25) is 0 Å². The van der Waals surface area contributed by atoms with E-state index in [2.05, 4.69) is 29.8 Å². The third-order valence-corrected chi connectivity index (χ3v) is 3.99. The molecule has 16 heavy (non-hydrogen) atoms. The van der Waals surface area contributed by atoms with Crippen molar-refractivity contribution in [3.8, 4) is 11.5 Å². The van der Waals surface area contributed by atoms with E-state index in [0.717, 1.165) is 29.9 Å². The molecule has 0 unspecified atom stereocenters. The zero-order chi connectivity index (χ0) is 12.0. The zero-order valence-corrected chi connectivity index (χ0v) is 11.7. The van der Waals surface area contributed by atoms with Crippen molar-refractivity contribution in [1.82, 2.24) is 0 Å². The van der Waals surface area contributed by atoms with E-state index in [1.165, 1.54) is 0 Å². The molecule has 0 aliphatic heterocycles. The van der Waals surface area contributed by atoms with Crippen molar-refractivity contribution < 1.29 is 9.47 Å². The molecule has 0 spiro atoms. The zero-order valence-electron chi connectivity index (χ0n) is 10.1. The Morgan fingerprint density at radius 2 is 1.69 bits per heavy atom. The molecule has 0 aliphatic carbocycles. The van der Waals surface area contributed by atoms with Gasteiger partial charge in [0, 0.05) is 5.33 Å². The minimum atomic E-state index is 0.284. The number of ether oxygens (including phenoxy) is 2. The summed E-state index contributed by atoms with van der Waals surface area (Å²) in [6.07, 6.45) is 1.03. The Bertz CT molecular complexity index is 306. The van der Waals surface area contributed by atoms with Gasteiger partial charge in [-0.3, -0.25) is 0 Å². The Balaban J connectivity index is 2.37. The summed E-state index contributed by atoms with van der Waals surface area (Å²) in [6, 6.07) is 7.68. The van der Waals surface area contributed by atoms with Crippen LogP contribution in [0.25, 0.3) is 0 Å². The van der Waals surface area contributed by atoms with Crippen molar-refractivity contribution in [2.75, 3.05) is 19.0 Å². The molecular weight excluding hydrogens is 268 g/mol. The van der Waals surface area contributed by atoms with Crippen molar-refractivity contribution in [3.05, 3.63) is 24.3 Å². The molecule has 0 amide bonds. The maximum atomic E-state index is 5.67. The molecule has 0 fully saturated rings. The van der Waals surface area contributed by atoms with Gasteiger partial charge in [-0.15, -0.1) is 0 Å². The van der Waals surface area contributed by atoms with E-state index in [1.54, 1.807) is 7.11 Å². The molecule has 0 saturated carbocycles. The quantitative estimate of drug-likeness (QED) is 0.739. The average molecular weight is 287 g/mol. The lowest BCUT2D eigenvalue weighted by Crippen LogP contribution is -2.17. The van der Waals surface area contributed by atoms with Crippen molar-refractivity contribution in [1.29, 1.82) is 0 Å². The summed E-state index contributed by atoms with van der Waals surface area (Å²) in [5, 5.41) is 0.992. The van der Waals surface area contributed by atoms with Crippen LogP contribution in [0.1, 0.15) is 20.3 Å². The van der Waals surface area contributed by atoms with Gasteiger partial charge in [0.15, 0.2) is 0 Å². The lowest BCUT2D eigenvalue weighted by Gasteiger charge is -2.21. The standard InChI is InChI=1S/C13H19BrO2/c1-13(2,10-14)8-9-16-12-6-4-11(15-3)5-7-12/h4-7H,8-10H2,1-3H3. The van der Waals surface area contributed by atoms with E-state index in [0.29, 0.717) is 0 Å². The normalized spacial score (nSPS) is 11.2. The van der Waals surface area contributed by atoms with E-state index in [1.807, 2.05) is 24.3 Å². The second-order valence-electron chi connectivity index (χ2n) is 4.57. The fourth-order valence-electron chi connectivity index (χ4n) is 1.18. The van der Waals surface area contributed by atoms with E-state index < -0.39 is 0 Å². The first-order chi connectivity index (χ1) is 7.57. The summed E-state index contributed by atoms with van der Waals surface area (Å²) in [5.41, 5.74) is 0.284. The third kappa shape index (κ3) is 4.44. The molecule has 0 aromatic heterocycles. The molecular formula is C13H19BrO2. The summed E-state index contributed by atoms with van der Waals surface area (Å²) in [6.45, 7) is 5.18. The van der Waals surface area contributed by atoms with Gasteiger partial charge in [0.05, 0.1) is 13.7 Å². The third-order valence-electron chi connectivity index (χ3n) is 2.47. The Morgan fingerprint density at radius 3 is 2.19 bits per heavy atom. The number of halogens is 1. The van der Waals surface area contributed by atoms with Crippen LogP contribution in [0, 0.1) is 5.41 Å². The van der Waals surface area contributed by atoms with Gasteiger partial charge in [-0.2, -0.15) is 0 Å². The molecule has 0 bridgehead atoms. The molecule has 1 rings (SSSR count). The molecule has 0 aliphatic rings. The van der Waals surface area contributed by atoms with Crippen LogP contribution >= 0.6 is 15.9 Å². The second-order valence-corrected chi connectivity index (χ2v) is 5.13. The molecule has 0 atom stereocenters. The maximum Gasteiger partial charge on any atom is 0.119 e. The van der Waals surface area contributed by atoms with E-state index >= 15 is 0 Å². The van der Waals surface area contributed by atoms with Crippen molar-refractivity contribution in [2.24, 2.45) is 5.41 Å².